The first-order valence-corrected chi connectivity index (χ1v) is 9.09. The van der Waals surface area contributed by atoms with Crippen LogP contribution in [0.15, 0.2) is 0 Å². The molecule has 2 aliphatic rings. The van der Waals surface area contributed by atoms with Gasteiger partial charge in [0.2, 0.25) is 11.8 Å². The first kappa shape index (κ1) is 16.5. The van der Waals surface area contributed by atoms with E-state index in [4.69, 9.17) is 5.48 Å². The van der Waals surface area contributed by atoms with Gasteiger partial charge >= 0.3 is 5.97 Å². The summed E-state index contributed by atoms with van der Waals surface area (Å²) in [6, 6.07) is -3.65. The Hall–Kier alpha value is -2.49. The van der Waals surface area contributed by atoms with Gasteiger partial charge in [-0.25, -0.2) is 4.79 Å². The van der Waals surface area contributed by atoms with Crippen LogP contribution in [0.1, 0.15) is 57.8 Å². The number of nitrogens with one attached hydrogen (secondary N) is 2. The van der Waals surface area contributed by atoms with Gasteiger partial charge in [0.05, 0.1) is 13.8 Å². The Bertz CT molecular complexity index is 787. The van der Waals surface area contributed by atoms with Crippen molar-refractivity contribution < 1.29 is 34.3 Å². The standard InChI is InChI=1S/C18H28N4O6/c1-12(2)21-11-3-4-13(21)18(27)20-9-7-14(23)19-10-8-17(26)28-22-15(24)5-6-16(22)25/h12-13H,3-11H2,1-2H3,(H,19,23)(H,20,27)/i4D2,12D,13D. The molecule has 0 aromatic heterocycles. The monoisotopic (exact) mass is 400 g/mol. The van der Waals surface area contributed by atoms with Gasteiger partial charge in [-0.2, -0.15) is 0 Å². The Morgan fingerprint density at radius 1 is 1.21 bits per heavy atom. The molecule has 2 aliphatic heterocycles. The van der Waals surface area contributed by atoms with Crippen LogP contribution in [0.5, 0.6) is 0 Å². The van der Waals surface area contributed by atoms with E-state index in [1.807, 2.05) is 0 Å². The fourth-order valence-corrected chi connectivity index (χ4v) is 2.71. The average molecular weight is 400 g/mol. The summed E-state index contributed by atoms with van der Waals surface area (Å²) >= 11 is 0. The van der Waals surface area contributed by atoms with Crippen molar-refractivity contribution in [2.45, 2.75) is 64.4 Å². The van der Waals surface area contributed by atoms with Gasteiger partial charge < -0.3 is 15.5 Å². The van der Waals surface area contributed by atoms with Gasteiger partial charge in [-0.15, -0.1) is 5.06 Å². The molecular formula is C18H28N4O6. The molecule has 0 saturated carbocycles. The molecule has 2 rings (SSSR count). The molecule has 2 fully saturated rings. The van der Waals surface area contributed by atoms with Gasteiger partial charge in [0.15, 0.2) is 0 Å². The molecule has 2 heterocycles. The van der Waals surface area contributed by atoms with Crippen LogP contribution in [-0.4, -0.2) is 71.2 Å². The Balaban J connectivity index is 1.75. The molecule has 156 valence electrons. The van der Waals surface area contributed by atoms with Gasteiger partial charge in [-0.1, -0.05) is 0 Å². The summed E-state index contributed by atoms with van der Waals surface area (Å²) in [5, 5.41) is 5.22. The van der Waals surface area contributed by atoms with Crippen molar-refractivity contribution in [1.29, 1.82) is 0 Å². The van der Waals surface area contributed by atoms with E-state index in [1.54, 1.807) is 0 Å². The summed E-state index contributed by atoms with van der Waals surface area (Å²) in [7, 11) is 0. The Morgan fingerprint density at radius 2 is 1.86 bits per heavy atom. The maximum Gasteiger partial charge on any atom is 0.334 e. The van der Waals surface area contributed by atoms with E-state index in [-0.39, 0.29) is 51.7 Å². The third-order valence-corrected chi connectivity index (χ3v) is 4.14. The van der Waals surface area contributed by atoms with E-state index in [1.165, 1.54) is 18.7 Å². The minimum absolute atomic E-state index is 0.0211. The first-order chi connectivity index (χ1) is 14.7. The number of likely N-dealkylation sites (tertiary alicyclic amines) is 1. The average Bonchev–Trinajstić information content (AvgIpc) is 3.11. The molecule has 1 unspecified atom stereocenters. The highest BCUT2D eigenvalue weighted by atomic mass is 16.7. The van der Waals surface area contributed by atoms with Crippen molar-refractivity contribution in [3.63, 3.8) is 0 Å². The fourth-order valence-electron chi connectivity index (χ4n) is 2.71. The lowest BCUT2D eigenvalue weighted by Gasteiger charge is -2.27. The molecule has 2 saturated heterocycles. The molecule has 28 heavy (non-hydrogen) atoms. The zero-order chi connectivity index (χ0) is 24.3. The van der Waals surface area contributed by atoms with Crippen molar-refractivity contribution in [3.05, 3.63) is 0 Å². The maximum absolute atomic E-state index is 12.6. The number of carbonyl (C=O) groups is 5. The number of amides is 4. The third kappa shape index (κ3) is 6.01. The van der Waals surface area contributed by atoms with Crippen LogP contribution in [0.4, 0.5) is 0 Å². The number of carbonyl (C=O) groups excluding carboxylic acids is 5. The summed E-state index contributed by atoms with van der Waals surface area (Å²) in [5.74, 6) is -3.52. The van der Waals surface area contributed by atoms with Crippen LogP contribution >= 0.6 is 0 Å². The molecular weight excluding hydrogens is 368 g/mol. The SMILES string of the molecule is [2H]C(C)(C)N1CCC([2H])([2H])C1([2H])C(=O)NCCC(=O)NCCC(=O)ON1C(=O)CCC1=O. The second-order valence-electron chi connectivity index (χ2n) is 6.53. The molecule has 0 aromatic carbocycles. The second kappa shape index (κ2) is 10.2. The zero-order valence-electron chi connectivity index (χ0n) is 20.0. The molecule has 10 heteroatoms. The van der Waals surface area contributed by atoms with Crippen LogP contribution < -0.4 is 10.6 Å². The summed E-state index contributed by atoms with van der Waals surface area (Å²) in [6.45, 7) is 2.73. The zero-order valence-corrected chi connectivity index (χ0v) is 16.0. The van der Waals surface area contributed by atoms with Crippen molar-refractivity contribution in [1.82, 2.24) is 20.6 Å². The molecule has 0 bridgehead atoms. The largest absolute Gasteiger partial charge is 0.355 e. The van der Waals surface area contributed by atoms with E-state index in [0.717, 1.165) is 0 Å². The van der Waals surface area contributed by atoms with Crippen molar-refractivity contribution in [2.75, 3.05) is 19.6 Å². The minimum atomic E-state index is -2.30. The molecule has 1 atom stereocenters. The molecule has 0 aliphatic carbocycles. The Kier molecular flexibility index (Phi) is 5.98. The number of hydroxylamine groups is 2. The van der Waals surface area contributed by atoms with Gasteiger partial charge in [-0.05, 0) is 33.2 Å². The normalized spacial score (nSPS) is 26.9. The topological polar surface area (TPSA) is 125 Å². The van der Waals surface area contributed by atoms with Crippen LogP contribution in [0, 0.1) is 0 Å². The van der Waals surface area contributed by atoms with E-state index in [9.17, 15) is 24.0 Å². The molecule has 2 N–H and O–H groups in total. The maximum atomic E-state index is 12.6. The van der Waals surface area contributed by atoms with Crippen molar-refractivity contribution in [3.8, 4) is 0 Å². The highest BCUT2D eigenvalue weighted by Crippen LogP contribution is 2.19. The van der Waals surface area contributed by atoms with Gasteiger partial charge in [0.25, 0.3) is 11.8 Å². The summed E-state index contributed by atoms with van der Waals surface area (Å²) in [5.41, 5.74) is 0. The predicted molar refractivity (Wildman–Crippen MR) is 97.3 cm³/mol. The lowest BCUT2D eigenvalue weighted by Crippen LogP contribution is -2.46. The number of nitrogens with zero attached hydrogens (tertiary/aromatic N) is 2. The Labute approximate surface area is 169 Å². The van der Waals surface area contributed by atoms with E-state index in [2.05, 4.69) is 15.5 Å². The lowest BCUT2D eigenvalue weighted by atomic mass is 10.2. The third-order valence-electron chi connectivity index (χ3n) is 4.14. The first-order valence-electron chi connectivity index (χ1n) is 11.1. The predicted octanol–water partition coefficient (Wildman–Crippen LogP) is -0.521. The lowest BCUT2D eigenvalue weighted by molar-refractivity contribution is -0.197. The fraction of sp³-hybridized carbons (Fsp3) is 0.722. The van der Waals surface area contributed by atoms with Gasteiger partial charge in [-0.3, -0.25) is 24.1 Å². The Morgan fingerprint density at radius 3 is 2.50 bits per heavy atom. The van der Waals surface area contributed by atoms with E-state index < -0.39 is 48.0 Å². The van der Waals surface area contributed by atoms with Crippen molar-refractivity contribution >= 4 is 29.6 Å². The van der Waals surface area contributed by atoms with Crippen LogP contribution in [-0.2, 0) is 28.8 Å². The van der Waals surface area contributed by atoms with Crippen molar-refractivity contribution in [2.24, 2.45) is 0 Å². The van der Waals surface area contributed by atoms with E-state index in [0.29, 0.717) is 5.06 Å². The number of rotatable bonds is 9. The van der Waals surface area contributed by atoms with Crippen LogP contribution in [0.2, 0.25) is 0 Å². The molecule has 0 radical (unpaired) electrons. The highest BCUT2D eigenvalue weighted by Gasteiger charge is 2.33. The molecule has 0 spiro atoms. The second-order valence-corrected chi connectivity index (χ2v) is 6.53. The number of imide groups is 1. The van der Waals surface area contributed by atoms with E-state index >= 15 is 0 Å². The molecule has 10 nitrogen and oxygen atoms in total. The smallest absolute Gasteiger partial charge is 0.334 e. The summed E-state index contributed by atoms with van der Waals surface area (Å²) in [4.78, 5) is 64.8. The minimum Gasteiger partial charge on any atom is -0.355 e. The number of hydrogen-bond acceptors (Lipinski definition) is 7. The molecule has 4 amide bonds. The highest BCUT2D eigenvalue weighted by molar-refractivity contribution is 6.01. The number of hydrogen-bond donors (Lipinski definition) is 2. The van der Waals surface area contributed by atoms with Crippen LogP contribution in [0.3, 0.4) is 0 Å². The molecule has 0 aromatic rings. The summed E-state index contributed by atoms with van der Waals surface area (Å²) in [6.07, 6.45) is -2.75. The van der Waals surface area contributed by atoms with Gasteiger partial charge in [0, 0.05) is 42.5 Å². The van der Waals surface area contributed by atoms with Crippen LogP contribution in [0.25, 0.3) is 0 Å². The quantitative estimate of drug-likeness (QED) is 0.499. The summed E-state index contributed by atoms with van der Waals surface area (Å²) < 4.78 is 32.7. The van der Waals surface area contributed by atoms with Gasteiger partial charge in [0.1, 0.15) is 0 Å².